The minimum Gasteiger partial charge on any atom is -0.477 e. The minimum absolute atomic E-state index is 0.0117. The third-order valence-corrected chi connectivity index (χ3v) is 7.19. The number of carboxylic acid groups (broad SMARTS) is 1. The van der Waals surface area contributed by atoms with Crippen LogP contribution in [-0.4, -0.2) is 39.7 Å². The molecule has 0 aromatic heterocycles. The molecule has 0 aromatic carbocycles. The number of rotatable bonds is 10. The van der Waals surface area contributed by atoms with Crippen molar-refractivity contribution in [2.24, 2.45) is 11.3 Å². The fourth-order valence-corrected chi connectivity index (χ4v) is 5.16. The summed E-state index contributed by atoms with van der Waals surface area (Å²) in [6.07, 6.45) is 6.35. The zero-order valence-electron chi connectivity index (χ0n) is 14.5. The molecule has 7 heteroatoms. The molecule has 1 amide bonds. The molecule has 2 atom stereocenters. The highest BCUT2D eigenvalue weighted by molar-refractivity contribution is 8.17. The van der Waals surface area contributed by atoms with Gasteiger partial charge in [-0.2, -0.15) is 0 Å². The van der Waals surface area contributed by atoms with E-state index < -0.39 is 5.97 Å². The number of hydrogen-bond acceptors (Lipinski definition) is 5. The van der Waals surface area contributed by atoms with Crippen LogP contribution in [0.15, 0.2) is 11.8 Å². The quantitative estimate of drug-likeness (QED) is 0.404. The van der Waals surface area contributed by atoms with Gasteiger partial charge in [0.05, 0.1) is 0 Å². The number of nitrogens with one attached hydrogen (secondary N) is 2. The summed E-state index contributed by atoms with van der Waals surface area (Å²) < 4.78 is 0.547. The van der Waals surface area contributed by atoms with Crippen molar-refractivity contribution in [3.63, 3.8) is 0 Å². The van der Waals surface area contributed by atoms with Crippen LogP contribution in [-0.2, 0) is 9.59 Å². The van der Waals surface area contributed by atoms with Crippen LogP contribution in [0.1, 0.15) is 46.0 Å². The minimum atomic E-state index is -1.05. The Bertz CT molecular complexity index is 488. The van der Waals surface area contributed by atoms with Crippen molar-refractivity contribution in [1.82, 2.24) is 10.6 Å². The van der Waals surface area contributed by atoms with Crippen molar-refractivity contribution >= 4 is 35.4 Å². The summed E-state index contributed by atoms with van der Waals surface area (Å²) in [6, 6.07) is 0. The Kier molecular flexibility index (Phi) is 7.50. The molecule has 24 heavy (non-hydrogen) atoms. The fourth-order valence-electron chi connectivity index (χ4n) is 2.70. The predicted octanol–water partition coefficient (Wildman–Crippen LogP) is 3.03. The molecule has 5 nitrogen and oxygen atoms in total. The smallest absolute Gasteiger partial charge is 0.352 e. The van der Waals surface area contributed by atoms with E-state index in [0.717, 1.165) is 38.0 Å². The maximum absolute atomic E-state index is 12.0. The van der Waals surface area contributed by atoms with Gasteiger partial charge in [-0.15, -0.1) is 23.5 Å². The van der Waals surface area contributed by atoms with Crippen LogP contribution in [0.5, 0.6) is 0 Å². The first kappa shape index (κ1) is 19.7. The summed E-state index contributed by atoms with van der Waals surface area (Å²) in [5.74, 6) is 1.06. The Morgan fingerprint density at radius 2 is 2.12 bits per heavy atom. The van der Waals surface area contributed by atoms with E-state index in [0.29, 0.717) is 11.1 Å². The van der Waals surface area contributed by atoms with Gasteiger partial charge in [0.25, 0.3) is 0 Å². The number of thioether (sulfide) groups is 2. The second-order valence-corrected chi connectivity index (χ2v) is 9.76. The first-order valence-corrected chi connectivity index (χ1v) is 10.7. The normalized spacial score (nSPS) is 25.5. The molecule has 0 bridgehead atoms. The van der Waals surface area contributed by atoms with Gasteiger partial charge in [0, 0.05) is 18.2 Å². The zero-order valence-corrected chi connectivity index (χ0v) is 16.1. The zero-order chi connectivity index (χ0) is 17.6. The Balaban J connectivity index is 1.60. The van der Waals surface area contributed by atoms with Crippen LogP contribution >= 0.6 is 23.5 Å². The third kappa shape index (κ3) is 6.33. The number of allylic oxidation sites excluding steroid dienone is 1. The number of hydrogen-bond donors (Lipinski definition) is 3. The molecular weight excluding hydrogens is 344 g/mol. The van der Waals surface area contributed by atoms with E-state index in [-0.39, 0.29) is 22.9 Å². The molecule has 0 radical (unpaired) electrons. The Morgan fingerprint density at radius 1 is 1.38 bits per heavy atom. The monoisotopic (exact) mass is 372 g/mol. The summed E-state index contributed by atoms with van der Waals surface area (Å²) in [7, 11) is 0. The van der Waals surface area contributed by atoms with Gasteiger partial charge in [-0.3, -0.25) is 10.1 Å². The summed E-state index contributed by atoms with van der Waals surface area (Å²) >= 11 is 3.92. The van der Waals surface area contributed by atoms with Gasteiger partial charge in [0.1, 0.15) is 10.4 Å². The summed E-state index contributed by atoms with van der Waals surface area (Å²) in [5.41, 5.74) is 0.0429. The van der Waals surface area contributed by atoms with Gasteiger partial charge in [-0.1, -0.05) is 26.3 Å². The molecule has 1 saturated heterocycles. The van der Waals surface area contributed by atoms with Gasteiger partial charge in [-0.25, -0.2) is 4.79 Å². The molecule has 136 valence electrons. The number of unbranched alkanes of at least 4 members (excludes halogenated alkanes) is 3. The van der Waals surface area contributed by atoms with Crippen molar-refractivity contribution < 1.29 is 14.7 Å². The van der Waals surface area contributed by atoms with Crippen molar-refractivity contribution in [2.75, 3.05) is 18.1 Å². The summed E-state index contributed by atoms with van der Waals surface area (Å²) in [5, 5.41) is 15.2. The molecule has 3 N–H and O–H groups in total. The van der Waals surface area contributed by atoms with Crippen LogP contribution < -0.4 is 10.6 Å². The highest BCUT2D eigenvalue weighted by Gasteiger charge is 2.50. The number of carbonyl (C=O) groups excluding carboxylic acids is 1. The lowest BCUT2D eigenvalue weighted by atomic mass is 10.1. The van der Waals surface area contributed by atoms with E-state index in [1.807, 2.05) is 37.4 Å². The van der Waals surface area contributed by atoms with Gasteiger partial charge in [-0.05, 0) is 36.9 Å². The largest absolute Gasteiger partial charge is 0.477 e. The fraction of sp³-hybridized carbons (Fsp3) is 0.765. The van der Waals surface area contributed by atoms with Crippen LogP contribution in [0.25, 0.3) is 0 Å². The van der Waals surface area contributed by atoms with E-state index >= 15 is 0 Å². The molecule has 1 saturated carbocycles. The van der Waals surface area contributed by atoms with Crippen molar-refractivity contribution in [1.29, 1.82) is 0 Å². The predicted molar refractivity (Wildman–Crippen MR) is 101 cm³/mol. The molecule has 0 aromatic rings. The first-order chi connectivity index (χ1) is 11.4. The second-order valence-electron chi connectivity index (χ2n) is 7.03. The highest BCUT2D eigenvalue weighted by Crippen LogP contribution is 2.51. The van der Waals surface area contributed by atoms with Gasteiger partial charge < -0.3 is 10.4 Å². The third-order valence-electron chi connectivity index (χ3n) is 4.47. The lowest BCUT2D eigenvalue weighted by Gasteiger charge is -2.08. The SMILES string of the molecule is CC1(C)CC1C(=O)N/C(=C\CCCCCSC1NCCS1)C(=O)O. The summed E-state index contributed by atoms with van der Waals surface area (Å²) in [4.78, 5) is 23.3. The molecule has 2 rings (SSSR count). The Hall–Kier alpha value is -0.660. The molecular formula is C17H28N2O3S2. The molecule has 2 unspecified atom stereocenters. The van der Waals surface area contributed by atoms with Gasteiger partial charge in [0.15, 0.2) is 0 Å². The second kappa shape index (κ2) is 9.15. The van der Waals surface area contributed by atoms with E-state index in [4.69, 9.17) is 0 Å². The van der Waals surface area contributed by atoms with Crippen molar-refractivity contribution in [3.8, 4) is 0 Å². The molecule has 2 aliphatic rings. The molecule has 1 aliphatic heterocycles. The first-order valence-electron chi connectivity index (χ1n) is 8.61. The molecule has 1 aliphatic carbocycles. The average molecular weight is 373 g/mol. The molecule has 2 fully saturated rings. The van der Waals surface area contributed by atoms with Crippen molar-refractivity contribution in [2.45, 2.75) is 50.7 Å². The van der Waals surface area contributed by atoms with E-state index in [1.54, 1.807) is 6.08 Å². The Morgan fingerprint density at radius 3 is 2.71 bits per heavy atom. The van der Waals surface area contributed by atoms with Crippen LogP contribution in [0, 0.1) is 11.3 Å². The van der Waals surface area contributed by atoms with E-state index in [2.05, 4.69) is 10.6 Å². The van der Waals surface area contributed by atoms with Gasteiger partial charge >= 0.3 is 5.97 Å². The van der Waals surface area contributed by atoms with Crippen LogP contribution in [0.2, 0.25) is 0 Å². The maximum atomic E-state index is 12.0. The number of carbonyl (C=O) groups is 2. The van der Waals surface area contributed by atoms with Crippen molar-refractivity contribution in [3.05, 3.63) is 11.8 Å². The Labute approximate surface area is 152 Å². The molecule has 0 spiro atoms. The van der Waals surface area contributed by atoms with Crippen LogP contribution in [0.4, 0.5) is 0 Å². The highest BCUT2D eigenvalue weighted by atomic mass is 32.2. The lowest BCUT2D eigenvalue weighted by Crippen LogP contribution is -2.29. The molecule has 1 heterocycles. The number of amides is 1. The van der Waals surface area contributed by atoms with Gasteiger partial charge in [0.2, 0.25) is 5.91 Å². The maximum Gasteiger partial charge on any atom is 0.352 e. The summed E-state index contributed by atoms with van der Waals surface area (Å²) in [6.45, 7) is 5.16. The number of carboxylic acids is 1. The standard InChI is InChI=1S/C17H28N2O3S2/c1-17(2)11-12(17)14(20)19-13(15(21)22)7-5-3-4-6-9-23-16-18-8-10-24-16/h7,12,16,18H,3-6,8-11H2,1-2H3,(H,19,20)(H,21,22)/b13-7-. The van der Waals surface area contributed by atoms with E-state index in [9.17, 15) is 14.7 Å². The average Bonchev–Trinajstić information content (AvgIpc) is 2.93. The van der Waals surface area contributed by atoms with E-state index in [1.165, 1.54) is 5.75 Å². The van der Waals surface area contributed by atoms with Crippen LogP contribution in [0.3, 0.4) is 0 Å². The number of aliphatic carboxylic acids is 1. The topological polar surface area (TPSA) is 78.4 Å². The lowest BCUT2D eigenvalue weighted by molar-refractivity contribution is -0.135.